The summed E-state index contributed by atoms with van der Waals surface area (Å²) in [5, 5.41) is 147. The van der Waals surface area contributed by atoms with Gasteiger partial charge < -0.3 is 114 Å². The van der Waals surface area contributed by atoms with E-state index in [0.29, 0.717) is 32.1 Å². The first-order valence-corrected chi connectivity index (χ1v) is 30.9. The zero-order valence-corrected chi connectivity index (χ0v) is 49.7. The van der Waals surface area contributed by atoms with Crippen molar-refractivity contribution in [2.75, 3.05) is 6.61 Å². The SMILES string of the molecule is CC(C)=CC[C@H](O)[C@](C)(O)[C@H]1CCC2C3C[C@H](OC4OC(C)C(O)C(OC5OCC(OC6OC(C)C(O)C(O)C6OC6OC(C)C(O)C(O)C6O)C(O)C5OC5OC(C)C(O)C(O)C5O)C4O)C4C[C@@H](OS(=O)(=O)O)CC[C@]4(C)C3=CC[C@@]21C. The van der Waals surface area contributed by atoms with Crippen molar-refractivity contribution in [2.24, 2.45) is 34.5 Å². The van der Waals surface area contributed by atoms with E-state index in [1.807, 2.05) is 19.9 Å². The van der Waals surface area contributed by atoms with E-state index in [1.165, 1.54) is 27.7 Å². The number of allylic oxidation sites excluding steroid dienone is 3. The molecule has 34 atom stereocenters. The molecule has 27 nitrogen and oxygen atoms in total. The van der Waals surface area contributed by atoms with Crippen LogP contribution in [-0.4, -0.2) is 257 Å². The topological polar surface area (TPSA) is 419 Å². The van der Waals surface area contributed by atoms with Gasteiger partial charge in [0.15, 0.2) is 31.5 Å². The molecule has 0 spiro atoms. The van der Waals surface area contributed by atoms with Crippen molar-refractivity contribution >= 4 is 10.4 Å². The molecule has 9 rings (SSSR count). The van der Waals surface area contributed by atoms with Gasteiger partial charge in [0, 0.05) is 0 Å². The van der Waals surface area contributed by atoms with Crippen LogP contribution in [0.5, 0.6) is 0 Å². The molecule has 0 amide bonds. The van der Waals surface area contributed by atoms with Crippen molar-refractivity contribution < 1.29 is 131 Å². The maximum Gasteiger partial charge on any atom is 0.397 e. The third-order valence-electron chi connectivity index (χ3n) is 20.4. The van der Waals surface area contributed by atoms with Crippen LogP contribution in [0.4, 0.5) is 0 Å². The molecule has 484 valence electrons. The lowest BCUT2D eigenvalue weighted by Crippen LogP contribution is -2.66. The molecule has 4 aliphatic carbocycles. The van der Waals surface area contributed by atoms with Gasteiger partial charge >= 0.3 is 10.4 Å². The van der Waals surface area contributed by atoms with Crippen molar-refractivity contribution in [3.05, 3.63) is 23.3 Å². The summed E-state index contributed by atoms with van der Waals surface area (Å²) < 4.78 is 101. The van der Waals surface area contributed by atoms with Crippen LogP contribution in [-0.2, 0) is 62.0 Å². The molecule has 0 aromatic rings. The molecular weight excluding hydrogens is 1140 g/mol. The lowest BCUT2D eigenvalue weighted by atomic mass is 9.47. The Morgan fingerprint density at radius 3 is 1.71 bits per heavy atom. The Balaban J connectivity index is 0.981. The molecule has 9 aliphatic rings. The molecule has 84 heavy (non-hydrogen) atoms. The summed E-state index contributed by atoms with van der Waals surface area (Å²) in [4.78, 5) is 0. The fraction of sp³-hybridized carbons (Fsp3) is 0.929. The monoisotopic (exact) mass is 1230 g/mol. The van der Waals surface area contributed by atoms with Gasteiger partial charge in [0.2, 0.25) is 0 Å². The van der Waals surface area contributed by atoms with Crippen molar-refractivity contribution in [2.45, 2.75) is 285 Å². The Hall–Kier alpha value is -1.57. The Labute approximate surface area is 489 Å². The zero-order valence-electron chi connectivity index (χ0n) is 48.9. The summed E-state index contributed by atoms with van der Waals surface area (Å²) in [5.74, 6) is -0.954. The first-order valence-electron chi connectivity index (χ1n) is 29.6. The number of hydrogen-bond acceptors (Lipinski definition) is 26. The summed E-state index contributed by atoms with van der Waals surface area (Å²) >= 11 is 0. The highest BCUT2D eigenvalue weighted by Crippen LogP contribution is 2.67. The molecule has 5 aliphatic heterocycles. The Morgan fingerprint density at radius 1 is 0.631 bits per heavy atom. The highest BCUT2D eigenvalue weighted by Gasteiger charge is 2.64. The van der Waals surface area contributed by atoms with Gasteiger partial charge in [-0.1, -0.05) is 37.1 Å². The van der Waals surface area contributed by atoms with E-state index < -0.39 is 205 Å². The fourth-order valence-corrected chi connectivity index (χ4v) is 15.9. The van der Waals surface area contributed by atoms with Crippen LogP contribution < -0.4 is 0 Å². The van der Waals surface area contributed by atoms with Gasteiger partial charge in [-0.15, -0.1) is 0 Å². The standard InChI is InChI=1S/C56H92O27S/c1-21(2)10-13-34(57)56(9,69)33-12-11-28-27-19-31(30-18-26(83-84(70,71)72)14-16-54(30,7)29(27)15-17-55(28,33)8)78-51-45(68)46(38(61)25(6)76-51)80-52-47(81-49-43(66)40(63)35(58)22(3)74-49)39(62)32(20-73-52)79-53-48(42(65)37(60)24(5)77-53)82-50-44(67)41(64)36(59)23(4)75-50/h10,15,22-28,30-53,57-69H,11-14,16-20H2,1-9H3,(H,70,71,72)/t22?,23?,24?,25?,26-,27?,28?,30?,31-,32?,33-,34-,35?,36?,37?,38?,39?,40?,41?,42?,43?,44?,45?,46?,47?,48?,49?,50?,51?,52?,53?,54+,55-,56+/m0/s1. The maximum absolute atomic E-state index is 12.4. The van der Waals surface area contributed by atoms with Crippen LogP contribution in [0, 0.1) is 34.5 Å². The second-order valence-corrected chi connectivity index (χ2v) is 27.3. The van der Waals surface area contributed by atoms with E-state index >= 15 is 0 Å². The Bertz CT molecular complexity index is 2420. The largest absolute Gasteiger partial charge is 0.397 e. The van der Waals surface area contributed by atoms with Crippen LogP contribution >= 0.6 is 0 Å². The molecule has 3 saturated carbocycles. The predicted molar refractivity (Wildman–Crippen MR) is 285 cm³/mol. The average Bonchev–Trinajstić information content (AvgIpc) is 1.36. The second-order valence-electron chi connectivity index (χ2n) is 26.2. The minimum Gasteiger partial charge on any atom is -0.390 e. The van der Waals surface area contributed by atoms with Crippen molar-refractivity contribution in [3.8, 4) is 0 Å². The normalized spacial score (nSPS) is 52.0. The van der Waals surface area contributed by atoms with Gasteiger partial charge in [-0.25, -0.2) is 4.18 Å². The molecule has 5 saturated heterocycles. The predicted octanol–water partition coefficient (Wildman–Crippen LogP) is -1.94. The molecule has 8 fully saturated rings. The van der Waals surface area contributed by atoms with E-state index in [1.54, 1.807) is 6.92 Å². The molecular formula is C56H92O27S. The first-order chi connectivity index (χ1) is 39.2. The second kappa shape index (κ2) is 25.6. The highest BCUT2D eigenvalue weighted by atomic mass is 32.3. The van der Waals surface area contributed by atoms with E-state index in [9.17, 15) is 79.4 Å². The summed E-state index contributed by atoms with van der Waals surface area (Å²) in [5.41, 5.74) is -0.400. The third-order valence-corrected chi connectivity index (χ3v) is 21.0. The molecule has 0 bridgehead atoms. The van der Waals surface area contributed by atoms with Crippen LogP contribution in [0.2, 0.25) is 0 Å². The van der Waals surface area contributed by atoms with Gasteiger partial charge in [-0.2, -0.15) is 8.42 Å². The molecule has 0 radical (unpaired) electrons. The van der Waals surface area contributed by atoms with Gasteiger partial charge in [0.25, 0.3) is 0 Å². The number of aliphatic hydroxyl groups is 13. The molecule has 28 heteroatoms. The van der Waals surface area contributed by atoms with Gasteiger partial charge in [-0.05, 0) is 134 Å². The van der Waals surface area contributed by atoms with E-state index in [2.05, 4.69) is 19.9 Å². The summed E-state index contributed by atoms with van der Waals surface area (Å²) in [6.07, 6.45) is -34.5. The molecule has 5 heterocycles. The zero-order chi connectivity index (χ0) is 61.6. The lowest BCUT2D eigenvalue weighted by Gasteiger charge is -2.60. The van der Waals surface area contributed by atoms with Crippen molar-refractivity contribution in [1.29, 1.82) is 0 Å². The summed E-state index contributed by atoms with van der Waals surface area (Å²) in [6, 6.07) is 0. The smallest absolute Gasteiger partial charge is 0.390 e. The highest BCUT2D eigenvalue weighted by molar-refractivity contribution is 7.80. The van der Waals surface area contributed by atoms with Gasteiger partial charge in [-0.3, -0.25) is 4.55 Å². The lowest BCUT2D eigenvalue weighted by molar-refractivity contribution is -0.397. The number of aliphatic hydroxyl groups excluding tert-OH is 12. The Kier molecular flexibility index (Phi) is 20.4. The van der Waals surface area contributed by atoms with Crippen molar-refractivity contribution in [1.82, 2.24) is 0 Å². The number of fused-ring (bicyclic) bond motifs is 5. The number of rotatable bonds is 16. The van der Waals surface area contributed by atoms with Crippen LogP contribution in [0.1, 0.15) is 114 Å². The molecule has 14 N–H and O–H groups in total. The molecule has 27 unspecified atom stereocenters. The van der Waals surface area contributed by atoms with Crippen LogP contribution in [0.25, 0.3) is 0 Å². The average molecular weight is 1230 g/mol. The Morgan fingerprint density at radius 2 is 1.14 bits per heavy atom. The number of hydrogen-bond donors (Lipinski definition) is 14. The minimum absolute atomic E-state index is 0.0113. The molecule has 0 aromatic carbocycles. The third kappa shape index (κ3) is 12.9. The van der Waals surface area contributed by atoms with Crippen LogP contribution in [0.15, 0.2) is 23.3 Å². The first kappa shape index (κ1) is 66.8. The quantitative estimate of drug-likeness (QED) is 0.0591. The summed E-state index contributed by atoms with van der Waals surface area (Å²) in [7, 11) is -4.87. The van der Waals surface area contributed by atoms with Crippen molar-refractivity contribution in [3.63, 3.8) is 0 Å². The van der Waals surface area contributed by atoms with Gasteiger partial charge in [0.05, 0.1) is 54.9 Å². The molecule has 0 aromatic heterocycles. The van der Waals surface area contributed by atoms with E-state index in [-0.39, 0.29) is 37.0 Å². The minimum atomic E-state index is -4.87. The maximum atomic E-state index is 12.4. The van der Waals surface area contributed by atoms with E-state index in [4.69, 9.17) is 51.6 Å². The number of ether oxygens (including phenoxy) is 10. The van der Waals surface area contributed by atoms with Gasteiger partial charge in [0.1, 0.15) is 91.6 Å². The summed E-state index contributed by atoms with van der Waals surface area (Å²) in [6.45, 7) is 14.9. The van der Waals surface area contributed by atoms with E-state index in [0.717, 1.165) is 11.1 Å². The fourth-order valence-electron chi connectivity index (χ4n) is 15.4. The van der Waals surface area contributed by atoms with Crippen LogP contribution in [0.3, 0.4) is 0 Å².